The molecule has 39 heavy (non-hydrogen) atoms. The highest BCUT2D eigenvalue weighted by Gasteiger charge is 2.26. The van der Waals surface area contributed by atoms with Gasteiger partial charge >= 0.3 is 0 Å². The normalized spacial score (nSPS) is 11.8. The predicted molar refractivity (Wildman–Crippen MR) is 166 cm³/mol. The molecule has 6 aromatic carbocycles. The molecule has 0 unspecified atom stereocenters. The van der Waals surface area contributed by atoms with Gasteiger partial charge in [-0.15, -0.1) is 0 Å². The lowest BCUT2D eigenvalue weighted by atomic mass is 9.95. The minimum Gasteiger partial charge on any atom is -0.244 e. The molecule has 0 saturated carbocycles. The average Bonchev–Trinajstić information content (AvgIpc) is 3.31. The number of benzene rings is 6. The monoisotopic (exact) mass is 514 g/mol. The lowest BCUT2D eigenvalue weighted by Crippen LogP contribution is -2.20. The molecule has 1 aliphatic carbocycles. The van der Waals surface area contributed by atoms with Crippen molar-refractivity contribution < 1.29 is 0 Å². The van der Waals surface area contributed by atoms with E-state index in [1.165, 1.54) is 48.9 Å². The molecular weight excluding hydrogens is 491 g/mol. The van der Waals surface area contributed by atoms with Gasteiger partial charge in [-0.3, -0.25) is 0 Å². The van der Waals surface area contributed by atoms with Crippen LogP contribution in [0.2, 0.25) is 0 Å². The Kier molecular flexibility index (Phi) is 5.14. The average molecular weight is 515 g/mol. The van der Waals surface area contributed by atoms with E-state index in [1.807, 2.05) is 24.3 Å². The van der Waals surface area contributed by atoms with Gasteiger partial charge < -0.3 is 0 Å². The van der Waals surface area contributed by atoms with Crippen molar-refractivity contribution in [2.75, 3.05) is 0 Å². The van der Waals surface area contributed by atoms with Crippen LogP contribution >= 0.6 is 7.92 Å². The minimum absolute atomic E-state index is 0.672. The quantitative estimate of drug-likeness (QED) is 0.224. The fourth-order valence-electron chi connectivity index (χ4n) is 5.84. The first-order chi connectivity index (χ1) is 19.3. The summed E-state index contributed by atoms with van der Waals surface area (Å²) in [5, 5.41) is 6.56. The third kappa shape index (κ3) is 3.61. The molecule has 1 aliphatic rings. The summed E-state index contributed by atoms with van der Waals surface area (Å²) >= 11 is 0. The molecule has 8 rings (SSSR count). The molecule has 0 bridgehead atoms. The molecule has 0 saturated heterocycles. The molecule has 0 atom stereocenters. The fourth-order valence-corrected chi connectivity index (χ4v) is 8.18. The highest BCUT2D eigenvalue weighted by Crippen LogP contribution is 2.48. The zero-order valence-corrected chi connectivity index (χ0v) is 22.0. The summed E-state index contributed by atoms with van der Waals surface area (Å²) in [5.41, 5.74) is 8.65. The fraction of sp³-hybridized carbons (Fsp3) is 0. The van der Waals surface area contributed by atoms with Crippen LogP contribution in [-0.4, -0.2) is 9.97 Å². The minimum atomic E-state index is -0.672. The largest absolute Gasteiger partial charge is 0.244 e. The second-order valence-electron chi connectivity index (χ2n) is 9.86. The first kappa shape index (κ1) is 22.3. The van der Waals surface area contributed by atoms with E-state index in [-0.39, 0.29) is 0 Å². The maximum atomic E-state index is 5.04. The molecule has 3 heteroatoms. The SMILES string of the molecule is c1ccc(P(c2ccccc2)c2cccc(-c3ccc4c5c(cccc35)-c3nc5ccccc5nc3-4)c2)cc1. The summed E-state index contributed by atoms with van der Waals surface area (Å²) in [7, 11) is -0.672. The number of rotatable bonds is 4. The van der Waals surface area contributed by atoms with Crippen molar-refractivity contribution in [3.8, 4) is 33.6 Å². The zero-order chi connectivity index (χ0) is 25.8. The summed E-state index contributed by atoms with van der Waals surface area (Å²) in [6.07, 6.45) is 0. The summed E-state index contributed by atoms with van der Waals surface area (Å²) in [5.74, 6) is 0. The van der Waals surface area contributed by atoms with Crippen molar-refractivity contribution in [3.63, 3.8) is 0 Å². The zero-order valence-electron chi connectivity index (χ0n) is 21.1. The van der Waals surface area contributed by atoms with Crippen molar-refractivity contribution in [2.45, 2.75) is 0 Å². The van der Waals surface area contributed by atoms with Gasteiger partial charge in [0, 0.05) is 16.5 Å². The van der Waals surface area contributed by atoms with Gasteiger partial charge in [0.05, 0.1) is 22.4 Å². The second-order valence-corrected chi connectivity index (χ2v) is 12.1. The van der Waals surface area contributed by atoms with Crippen molar-refractivity contribution in [1.29, 1.82) is 0 Å². The van der Waals surface area contributed by atoms with E-state index in [0.29, 0.717) is 0 Å². The van der Waals surface area contributed by atoms with E-state index in [0.717, 1.165) is 22.4 Å². The number of para-hydroxylation sites is 2. The van der Waals surface area contributed by atoms with E-state index >= 15 is 0 Å². The van der Waals surface area contributed by atoms with Crippen LogP contribution in [0.3, 0.4) is 0 Å². The number of fused-ring (bicyclic) bond motifs is 4. The van der Waals surface area contributed by atoms with Crippen LogP contribution < -0.4 is 15.9 Å². The predicted octanol–water partition coefficient (Wildman–Crippen LogP) is 7.86. The number of hydrogen-bond donors (Lipinski definition) is 0. The second kappa shape index (κ2) is 8.98. The van der Waals surface area contributed by atoms with Crippen LogP contribution in [0, 0.1) is 0 Å². The Hall–Kier alpha value is -4.65. The standard InChI is InChI=1S/C36H23N2P/c1-3-12-25(13-4-1)39(26-14-5-2-6-15-26)27-16-9-11-24(23-27)28-21-22-31-34-29(28)17-10-18-30(34)35-36(31)38-33-20-8-7-19-32(33)37-35/h1-23H. The van der Waals surface area contributed by atoms with Crippen LogP contribution in [0.1, 0.15) is 0 Å². The van der Waals surface area contributed by atoms with Crippen LogP contribution in [0.4, 0.5) is 0 Å². The molecule has 0 radical (unpaired) electrons. The smallest absolute Gasteiger partial charge is 0.0979 e. The van der Waals surface area contributed by atoms with Gasteiger partial charge in [-0.25, -0.2) is 9.97 Å². The molecule has 0 amide bonds. The third-order valence-corrected chi connectivity index (χ3v) is 9.99. The van der Waals surface area contributed by atoms with E-state index in [2.05, 4.69) is 115 Å². The van der Waals surface area contributed by atoms with Gasteiger partial charge in [-0.1, -0.05) is 121 Å². The summed E-state index contributed by atoms with van der Waals surface area (Å²) < 4.78 is 0. The molecule has 182 valence electrons. The van der Waals surface area contributed by atoms with Gasteiger partial charge in [0.1, 0.15) is 0 Å². The first-order valence-electron chi connectivity index (χ1n) is 13.2. The Bertz CT molecular complexity index is 1930. The Morgan fingerprint density at radius 3 is 1.62 bits per heavy atom. The summed E-state index contributed by atoms with van der Waals surface area (Å²) in [4.78, 5) is 10.1. The van der Waals surface area contributed by atoms with Gasteiger partial charge in [-0.05, 0) is 58.5 Å². The van der Waals surface area contributed by atoms with Crippen molar-refractivity contribution in [3.05, 3.63) is 140 Å². The summed E-state index contributed by atoms with van der Waals surface area (Å²) in [6, 6.07) is 50.1. The van der Waals surface area contributed by atoms with Crippen molar-refractivity contribution in [2.24, 2.45) is 0 Å². The molecule has 0 N–H and O–H groups in total. The lowest BCUT2D eigenvalue weighted by Gasteiger charge is -2.20. The Labute approximate surface area is 228 Å². The van der Waals surface area contributed by atoms with E-state index in [4.69, 9.17) is 9.97 Å². The molecule has 0 aliphatic heterocycles. The molecule has 0 spiro atoms. The van der Waals surface area contributed by atoms with Crippen LogP contribution in [0.5, 0.6) is 0 Å². The van der Waals surface area contributed by atoms with Crippen LogP contribution in [0.25, 0.3) is 55.4 Å². The molecule has 1 heterocycles. The van der Waals surface area contributed by atoms with Crippen LogP contribution in [0.15, 0.2) is 140 Å². The summed E-state index contributed by atoms with van der Waals surface area (Å²) in [6.45, 7) is 0. The Balaban J connectivity index is 1.31. The number of aromatic nitrogens is 2. The third-order valence-electron chi connectivity index (χ3n) is 7.57. The molecular formula is C36H23N2P. The van der Waals surface area contributed by atoms with E-state index in [9.17, 15) is 0 Å². The molecule has 1 aromatic heterocycles. The van der Waals surface area contributed by atoms with Gasteiger partial charge in [0.2, 0.25) is 0 Å². The molecule has 0 fully saturated rings. The Morgan fingerprint density at radius 1 is 0.410 bits per heavy atom. The highest BCUT2D eigenvalue weighted by molar-refractivity contribution is 7.79. The highest BCUT2D eigenvalue weighted by atomic mass is 31.1. The Morgan fingerprint density at radius 2 is 0.949 bits per heavy atom. The van der Waals surface area contributed by atoms with Crippen molar-refractivity contribution in [1.82, 2.24) is 9.97 Å². The van der Waals surface area contributed by atoms with Gasteiger partial charge in [0.25, 0.3) is 0 Å². The van der Waals surface area contributed by atoms with E-state index in [1.54, 1.807) is 0 Å². The number of hydrogen-bond acceptors (Lipinski definition) is 2. The first-order valence-corrected chi connectivity index (χ1v) is 14.5. The van der Waals surface area contributed by atoms with Crippen LogP contribution in [-0.2, 0) is 0 Å². The molecule has 7 aromatic rings. The van der Waals surface area contributed by atoms with Gasteiger partial charge in [-0.2, -0.15) is 0 Å². The lowest BCUT2D eigenvalue weighted by molar-refractivity contribution is 1.32. The van der Waals surface area contributed by atoms with E-state index < -0.39 is 7.92 Å². The topological polar surface area (TPSA) is 25.8 Å². The maximum absolute atomic E-state index is 5.04. The van der Waals surface area contributed by atoms with Gasteiger partial charge in [0.15, 0.2) is 0 Å². The van der Waals surface area contributed by atoms with Crippen molar-refractivity contribution >= 4 is 45.6 Å². The molecule has 2 nitrogen and oxygen atoms in total. The maximum Gasteiger partial charge on any atom is 0.0979 e. The number of nitrogens with zero attached hydrogens (tertiary/aromatic N) is 2.